The molecule has 0 atom stereocenters. The maximum absolute atomic E-state index is 12.0. The smallest absolute Gasteiger partial charge is 0.411 e. The van der Waals surface area contributed by atoms with Crippen molar-refractivity contribution in [2.75, 3.05) is 11.9 Å². The van der Waals surface area contributed by atoms with E-state index in [1.54, 1.807) is 6.07 Å². The van der Waals surface area contributed by atoms with Gasteiger partial charge in [-0.1, -0.05) is 11.6 Å². The quantitative estimate of drug-likeness (QED) is 0.874. The summed E-state index contributed by atoms with van der Waals surface area (Å²) in [6.07, 6.45) is 1.08. The van der Waals surface area contributed by atoms with E-state index in [1.165, 1.54) is 19.1 Å². The zero-order chi connectivity index (χ0) is 15.4. The van der Waals surface area contributed by atoms with Crippen LogP contribution >= 0.6 is 11.6 Å². The molecule has 0 unspecified atom stereocenters. The minimum Gasteiger partial charge on any atom is -0.446 e. The highest BCUT2D eigenvalue weighted by atomic mass is 35.5. The summed E-state index contributed by atoms with van der Waals surface area (Å²) in [6, 6.07) is 4.49. The van der Waals surface area contributed by atoms with Crippen LogP contribution in [0.25, 0.3) is 0 Å². The molecule has 1 aromatic rings. The lowest BCUT2D eigenvalue weighted by Gasteiger charge is -2.11. The van der Waals surface area contributed by atoms with Crippen molar-refractivity contribution in [2.24, 2.45) is 0 Å². The van der Waals surface area contributed by atoms with Crippen molar-refractivity contribution >= 4 is 35.1 Å². The van der Waals surface area contributed by atoms with E-state index >= 15 is 0 Å². The predicted octanol–water partition coefficient (Wildman–Crippen LogP) is 2.37. The molecule has 2 amide bonds. The largest absolute Gasteiger partial charge is 0.446 e. The van der Waals surface area contributed by atoms with Gasteiger partial charge in [-0.15, -0.1) is 0 Å². The van der Waals surface area contributed by atoms with E-state index in [-0.39, 0.29) is 29.7 Å². The van der Waals surface area contributed by atoms with Crippen LogP contribution in [-0.4, -0.2) is 30.4 Å². The third-order valence-electron chi connectivity index (χ3n) is 2.76. The molecule has 0 heterocycles. The number of hydrogen-bond acceptors (Lipinski definition) is 4. The number of hydrogen-bond donors (Lipinski definition) is 2. The number of carbonyl (C=O) groups is 3. The summed E-state index contributed by atoms with van der Waals surface area (Å²) in [5, 5.41) is 5.32. The van der Waals surface area contributed by atoms with Gasteiger partial charge in [-0.25, -0.2) is 4.79 Å². The van der Waals surface area contributed by atoms with Gasteiger partial charge in [0.05, 0.1) is 17.8 Å². The molecule has 0 bridgehead atoms. The summed E-state index contributed by atoms with van der Waals surface area (Å²) in [5.41, 5.74) is 0.461. The molecule has 1 fully saturated rings. The van der Waals surface area contributed by atoms with Crippen molar-refractivity contribution in [3.8, 4) is 0 Å². The Balaban J connectivity index is 2.09. The van der Waals surface area contributed by atoms with Crippen LogP contribution in [0.15, 0.2) is 18.2 Å². The highest BCUT2D eigenvalue weighted by Gasteiger charge is 2.26. The standard InChI is InChI=1S/C14H15ClN2O4/c1-8(18)7-16-13(19)11-6-9(15)2-5-12(11)17-14(20)21-10-3-4-10/h2,5-6,10H,3-4,7H2,1H3,(H,16,19)(H,17,20). The van der Waals surface area contributed by atoms with Gasteiger partial charge in [-0.2, -0.15) is 0 Å². The van der Waals surface area contributed by atoms with E-state index in [9.17, 15) is 14.4 Å². The van der Waals surface area contributed by atoms with Crippen LogP contribution in [0.1, 0.15) is 30.1 Å². The highest BCUT2D eigenvalue weighted by molar-refractivity contribution is 6.31. The number of halogens is 1. The fraction of sp³-hybridized carbons (Fsp3) is 0.357. The van der Waals surface area contributed by atoms with Gasteiger partial charge in [0.1, 0.15) is 11.9 Å². The van der Waals surface area contributed by atoms with Gasteiger partial charge in [-0.3, -0.25) is 14.9 Å². The second kappa shape index (κ2) is 6.58. The molecule has 0 radical (unpaired) electrons. The van der Waals surface area contributed by atoms with E-state index in [4.69, 9.17) is 16.3 Å². The maximum Gasteiger partial charge on any atom is 0.411 e. The summed E-state index contributed by atoms with van der Waals surface area (Å²) >= 11 is 5.86. The third-order valence-corrected chi connectivity index (χ3v) is 2.99. The molecule has 1 aromatic carbocycles. The summed E-state index contributed by atoms with van der Waals surface area (Å²) in [4.78, 5) is 34.6. The van der Waals surface area contributed by atoms with Crippen LogP contribution in [0.5, 0.6) is 0 Å². The number of amides is 2. The molecule has 0 aromatic heterocycles. The Hall–Kier alpha value is -2.08. The average Bonchev–Trinajstić information content (AvgIpc) is 3.21. The first-order valence-corrected chi connectivity index (χ1v) is 6.88. The highest BCUT2D eigenvalue weighted by Crippen LogP contribution is 2.25. The van der Waals surface area contributed by atoms with Gasteiger partial charge in [0.25, 0.3) is 5.91 Å². The summed E-state index contributed by atoms with van der Waals surface area (Å²) < 4.78 is 5.06. The molecule has 1 aliphatic rings. The van der Waals surface area contributed by atoms with Crippen molar-refractivity contribution in [1.82, 2.24) is 5.32 Å². The number of Topliss-reactive ketones (excluding diaryl/α,β-unsaturated/α-hetero) is 1. The molecule has 7 heteroatoms. The summed E-state index contributed by atoms with van der Waals surface area (Å²) in [5.74, 6) is -0.664. The Morgan fingerprint density at radius 1 is 1.33 bits per heavy atom. The summed E-state index contributed by atoms with van der Waals surface area (Å²) in [6.45, 7) is 1.28. The van der Waals surface area contributed by atoms with E-state index in [1.807, 2.05) is 0 Å². The van der Waals surface area contributed by atoms with Crippen LogP contribution in [0.3, 0.4) is 0 Å². The molecule has 21 heavy (non-hydrogen) atoms. The Morgan fingerprint density at radius 3 is 2.67 bits per heavy atom. The molecule has 112 valence electrons. The Bertz CT molecular complexity index is 584. The average molecular weight is 311 g/mol. The van der Waals surface area contributed by atoms with Gasteiger partial charge in [0.15, 0.2) is 0 Å². The molecule has 2 rings (SSSR count). The first kappa shape index (κ1) is 15.3. The monoisotopic (exact) mass is 310 g/mol. The van der Waals surface area contributed by atoms with Gasteiger partial charge in [0, 0.05) is 5.02 Å². The number of nitrogens with one attached hydrogen (secondary N) is 2. The SMILES string of the molecule is CC(=O)CNC(=O)c1cc(Cl)ccc1NC(=O)OC1CC1. The van der Waals surface area contributed by atoms with Crippen LogP contribution in [-0.2, 0) is 9.53 Å². The van der Waals surface area contributed by atoms with E-state index in [2.05, 4.69) is 10.6 Å². The molecule has 0 spiro atoms. The van der Waals surface area contributed by atoms with Gasteiger partial charge in [-0.05, 0) is 38.0 Å². The van der Waals surface area contributed by atoms with Gasteiger partial charge >= 0.3 is 6.09 Å². The minimum atomic E-state index is -0.611. The van der Waals surface area contributed by atoms with Crippen molar-refractivity contribution in [2.45, 2.75) is 25.9 Å². The predicted molar refractivity (Wildman–Crippen MR) is 77.6 cm³/mol. The van der Waals surface area contributed by atoms with Crippen molar-refractivity contribution in [3.05, 3.63) is 28.8 Å². The molecule has 0 aliphatic heterocycles. The first-order valence-electron chi connectivity index (χ1n) is 6.50. The molecular formula is C14H15ClN2O4. The van der Waals surface area contributed by atoms with E-state index < -0.39 is 12.0 Å². The van der Waals surface area contributed by atoms with Crippen molar-refractivity contribution in [3.63, 3.8) is 0 Å². The topological polar surface area (TPSA) is 84.5 Å². The fourth-order valence-electron chi connectivity index (χ4n) is 1.59. The van der Waals surface area contributed by atoms with E-state index in [0.717, 1.165) is 12.8 Å². The summed E-state index contributed by atoms with van der Waals surface area (Å²) in [7, 11) is 0. The zero-order valence-corrected chi connectivity index (χ0v) is 12.2. The van der Waals surface area contributed by atoms with Gasteiger partial charge < -0.3 is 10.1 Å². The first-order chi connectivity index (χ1) is 9.95. The van der Waals surface area contributed by atoms with Gasteiger partial charge in [0.2, 0.25) is 0 Å². The molecule has 2 N–H and O–H groups in total. The van der Waals surface area contributed by atoms with E-state index in [0.29, 0.717) is 5.02 Å². The second-order valence-electron chi connectivity index (χ2n) is 4.80. The lowest BCUT2D eigenvalue weighted by Crippen LogP contribution is -2.29. The lowest BCUT2D eigenvalue weighted by molar-refractivity contribution is -0.116. The third kappa shape index (κ3) is 4.75. The zero-order valence-electron chi connectivity index (χ0n) is 11.4. The Morgan fingerprint density at radius 2 is 2.05 bits per heavy atom. The van der Waals surface area contributed by atoms with Crippen LogP contribution in [0, 0.1) is 0 Å². The lowest BCUT2D eigenvalue weighted by atomic mass is 10.1. The normalized spacial score (nSPS) is 13.4. The number of ether oxygens (including phenoxy) is 1. The maximum atomic E-state index is 12.0. The molecule has 6 nitrogen and oxygen atoms in total. The minimum absolute atomic E-state index is 0.0349. The number of anilines is 1. The number of ketones is 1. The molecule has 1 saturated carbocycles. The van der Waals surface area contributed by atoms with Crippen molar-refractivity contribution in [1.29, 1.82) is 0 Å². The Kier molecular flexibility index (Phi) is 4.80. The number of carbonyl (C=O) groups excluding carboxylic acids is 3. The molecule has 0 saturated heterocycles. The van der Waals surface area contributed by atoms with Crippen LogP contribution in [0.2, 0.25) is 5.02 Å². The Labute approximate surface area is 126 Å². The number of benzene rings is 1. The molecular weight excluding hydrogens is 296 g/mol. The van der Waals surface area contributed by atoms with Crippen molar-refractivity contribution < 1.29 is 19.1 Å². The fourth-order valence-corrected chi connectivity index (χ4v) is 1.76. The molecule has 1 aliphatic carbocycles. The number of rotatable bonds is 5. The van der Waals surface area contributed by atoms with Crippen LogP contribution in [0.4, 0.5) is 10.5 Å². The van der Waals surface area contributed by atoms with Crippen LogP contribution < -0.4 is 10.6 Å². The second-order valence-corrected chi connectivity index (χ2v) is 5.24.